The molecule has 0 saturated heterocycles. The van der Waals surface area contributed by atoms with Crippen LogP contribution in [-0.4, -0.2) is 0 Å². The molecule has 1 fully saturated rings. The molecule has 0 radical (unpaired) electrons. The molecule has 0 aromatic heterocycles. The van der Waals surface area contributed by atoms with Crippen LogP contribution >= 0.6 is 24.0 Å². The largest absolute Gasteiger partial charge is 0.416 e. The summed E-state index contributed by atoms with van der Waals surface area (Å²) in [7, 11) is 0. The zero-order chi connectivity index (χ0) is 14.0. The normalized spacial score (nSPS) is 18.4. The maximum absolute atomic E-state index is 13.0. The Labute approximate surface area is 128 Å². The summed E-state index contributed by atoms with van der Waals surface area (Å²) in [5, 5.41) is 0.118. The highest BCUT2D eigenvalue weighted by Crippen LogP contribution is 2.42. The number of halogens is 5. The highest BCUT2D eigenvalue weighted by atomic mass is 35.5. The third-order valence-electron chi connectivity index (χ3n) is 3.85. The van der Waals surface area contributed by atoms with Crippen molar-refractivity contribution in [2.75, 3.05) is 0 Å². The van der Waals surface area contributed by atoms with Gasteiger partial charge in [-0.2, -0.15) is 13.2 Å². The Kier molecular flexibility index (Phi) is 6.17. The lowest BCUT2D eigenvalue weighted by molar-refractivity contribution is -0.138. The fourth-order valence-corrected chi connectivity index (χ4v) is 3.15. The zero-order valence-electron chi connectivity index (χ0n) is 10.9. The Hall–Kier alpha value is -0.450. The first-order valence-electron chi connectivity index (χ1n) is 6.52. The highest BCUT2D eigenvalue weighted by Gasteiger charge is 2.37. The minimum absolute atomic E-state index is 0. The topological polar surface area (TPSA) is 26.0 Å². The van der Waals surface area contributed by atoms with Crippen molar-refractivity contribution in [2.45, 2.75) is 44.3 Å². The van der Waals surface area contributed by atoms with Gasteiger partial charge in [-0.3, -0.25) is 0 Å². The predicted molar refractivity (Wildman–Crippen MR) is 77.2 cm³/mol. The summed E-state index contributed by atoms with van der Waals surface area (Å²) in [5.41, 5.74) is 5.45. The maximum Gasteiger partial charge on any atom is 0.416 e. The van der Waals surface area contributed by atoms with Gasteiger partial charge in [0.05, 0.1) is 5.56 Å². The van der Waals surface area contributed by atoms with Crippen molar-refractivity contribution in [3.8, 4) is 0 Å². The number of rotatable bonds is 2. The Balaban J connectivity index is 0.00000200. The Morgan fingerprint density at radius 2 is 1.75 bits per heavy atom. The van der Waals surface area contributed by atoms with E-state index in [0.29, 0.717) is 0 Å². The molecular weight excluding hydrogens is 310 g/mol. The van der Waals surface area contributed by atoms with Gasteiger partial charge >= 0.3 is 6.18 Å². The van der Waals surface area contributed by atoms with E-state index in [4.69, 9.17) is 17.3 Å². The van der Waals surface area contributed by atoms with Crippen molar-refractivity contribution < 1.29 is 13.2 Å². The molecule has 1 atom stereocenters. The van der Waals surface area contributed by atoms with Gasteiger partial charge in [0.15, 0.2) is 0 Å². The Bertz CT molecular complexity index is 443. The second kappa shape index (κ2) is 7.01. The summed E-state index contributed by atoms with van der Waals surface area (Å²) in [6, 6.07) is 3.23. The molecule has 6 heteroatoms. The quantitative estimate of drug-likeness (QED) is 0.777. The summed E-state index contributed by atoms with van der Waals surface area (Å²) >= 11 is 5.97. The minimum atomic E-state index is -4.41. The fourth-order valence-electron chi connectivity index (χ4n) is 2.85. The number of alkyl halides is 3. The lowest BCUT2D eigenvalue weighted by atomic mass is 9.80. The maximum atomic E-state index is 13.0. The highest BCUT2D eigenvalue weighted by molar-refractivity contribution is 6.31. The van der Waals surface area contributed by atoms with Crippen molar-refractivity contribution in [2.24, 2.45) is 11.7 Å². The zero-order valence-corrected chi connectivity index (χ0v) is 12.5. The van der Waals surface area contributed by atoms with Crippen LogP contribution in [0.15, 0.2) is 18.2 Å². The third-order valence-corrected chi connectivity index (χ3v) is 4.18. The SMILES string of the molecule is Cl.N[C@@H](c1c(Cl)cccc1C(F)(F)F)C1CCCCC1. The van der Waals surface area contributed by atoms with Crippen LogP contribution in [0.1, 0.15) is 49.3 Å². The minimum Gasteiger partial charge on any atom is -0.324 e. The van der Waals surface area contributed by atoms with E-state index in [0.717, 1.165) is 38.2 Å². The summed E-state index contributed by atoms with van der Waals surface area (Å²) in [5.74, 6) is 0.0924. The Morgan fingerprint density at radius 1 is 1.15 bits per heavy atom. The van der Waals surface area contributed by atoms with E-state index in [1.54, 1.807) is 0 Å². The van der Waals surface area contributed by atoms with Crippen LogP contribution < -0.4 is 5.73 Å². The van der Waals surface area contributed by atoms with Gasteiger partial charge in [0.1, 0.15) is 0 Å². The van der Waals surface area contributed by atoms with E-state index in [1.165, 1.54) is 12.1 Å². The lowest BCUT2D eigenvalue weighted by Crippen LogP contribution is -2.26. The van der Waals surface area contributed by atoms with Crippen LogP contribution in [0.2, 0.25) is 5.02 Å². The lowest BCUT2D eigenvalue weighted by Gasteiger charge is -2.30. The van der Waals surface area contributed by atoms with Crippen molar-refractivity contribution in [1.29, 1.82) is 0 Å². The van der Waals surface area contributed by atoms with Gasteiger partial charge in [-0.15, -0.1) is 12.4 Å². The molecule has 114 valence electrons. The molecule has 0 amide bonds. The van der Waals surface area contributed by atoms with Crippen LogP contribution in [0.4, 0.5) is 13.2 Å². The van der Waals surface area contributed by atoms with Crippen molar-refractivity contribution >= 4 is 24.0 Å². The molecular formula is C14H18Cl2F3N. The average Bonchev–Trinajstić information content (AvgIpc) is 2.37. The van der Waals surface area contributed by atoms with Gasteiger partial charge in [-0.1, -0.05) is 36.9 Å². The summed E-state index contributed by atoms with van der Waals surface area (Å²) in [6.07, 6.45) is 0.548. The molecule has 2 rings (SSSR count). The molecule has 20 heavy (non-hydrogen) atoms. The van der Waals surface area contributed by atoms with Crippen LogP contribution in [0.5, 0.6) is 0 Å². The van der Waals surface area contributed by atoms with Crippen LogP contribution in [0, 0.1) is 5.92 Å². The van der Waals surface area contributed by atoms with Gasteiger partial charge in [-0.25, -0.2) is 0 Å². The van der Waals surface area contributed by atoms with Gasteiger partial charge in [-0.05, 0) is 36.5 Å². The van der Waals surface area contributed by atoms with E-state index >= 15 is 0 Å². The standard InChI is InChI=1S/C14H17ClF3N.ClH/c15-11-8-4-7-10(14(16,17)18)12(11)13(19)9-5-2-1-3-6-9;/h4,7-9,13H,1-3,5-6,19H2;1H/t13-;/m1./s1. The number of nitrogens with two attached hydrogens (primary N) is 1. The van der Waals surface area contributed by atoms with Crippen LogP contribution in [0.25, 0.3) is 0 Å². The molecule has 1 aliphatic carbocycles. The molecule has 0 aliphatic heterocycles. The van der Waals surface area contributed by atoms with E-state index in [-0.39, 0.29) is 28.9 Å². The predicted octanol–water partition coefficient (Wildman–Crippen LogP) is 5.36. The molecule has 0 heterocycles. The second-order valence-corrected chi connectivity index (χ2v) is 5.53. The van der Waals surface area contributed by atoms with Gasteiger partial charge in [0.2, 0.25) is 0 Å². The molecule has 1 aliphatic rings. The first-order chi connectivity index (χ1) is 8.91. The summed E-state index contributed by atoms with van der Waals surface area (Å²) in [6.45, 7) is 0. The first kappa shape index (κ1) is 17.6. The fraction of sp³-hybridized carbons (Fsp3) is 0.571. The van der Waals surface area contributed by atoms with Gasteiger partial charge < -0.3 is 5.73 Å². The summed E-state index contributed by atoms with van der Waals surface area (Å²) in [4.78, 5) is 0. The van der Waals surface area contributed by atoms with E-state index in [2.05, 4.69) is 0 Å². The van der Waals surface area contributed by atoms with Crippen molar-refractivity contribution in [3.05, 3.63) is 34.3 Å². The molecule has 1 nitrogen and oxygen atoms in total. The molecule has 2 N–H and O–H groups in total. The van der Waals surface area contributed by atoms with Crippen LogP contribution in [0.3, 0.4) is 0 Å². The molecule has 1 aromatic carbocycles. The first-order valence-corrected chi connectivity index (χ1v) is 6.90. The van der Waals surface area contributed by atoms with Gasteiger partial charge in [0, 0.05) is 11.1 Å². The second-order valence-electron chi connectivity index (χ2n) is 5.12. The molecule has 1 saturated carbocycles. The molecule has 0 unspecified atom stereocenters. The summed E-state index contributed by atoms with van der Waals surface area (Å²) < 4.78 is 39.1. The smallest absolute Gasteiger partial charge is 0.324 e. The van der Waals surface area contributed by atoms with Crippen molar-refractivity contribution in [3.63, 3.8) is 0 Å². The number of hydrogen-bond acceptors (Lipinski definition) is 1. The van der Waals surface area contributed by atoms with E-state index in [9.17, 15) is 13.2 Å². The van der Waals surface area contributed by atoms with Gasteiger partial charge in [0.25, 0.3) is 0 Å². The monoisotopic (exact) mass is 327 g/mol. The molecule has 0 bridgehead atoms. The number of benzene rings is 1. The van der Waals surface area contributed by atoms with E-state index < -0.39 is 17.8 Å². The third kappa shape index (κ3) is 3.80. The number of hydrogen-bond donors (Lipinski definition) is 1. The van der Waals surface area contributed by atoms with E-state index in [1.807, 2.05) is 0 Å². The molecule has 0 spiro atoms. The van der Waals surface area contributed by atoms with Crippen molar-refractivity contribution in [1.82, 2.24) is 0 Å². The van der Waals surface area contributed by atoms with Crippen LogP contribution in [-0.2, 0) is 6.18 Å². The average molecular weight is 328 g/mol. The molecule has 1 aromatic rings. The Morgan fingerprint density at radius 3 is 2.30 bits per heavy atom.